The lowest BCUT2D eigenvalue weighted by atomic mass is 10.3. The summed E-state index contributed by atoms with van der Waals surface area (Å²) >= 11 is 0. The molecule has 17 heavy (non-hydrogen) atoms. The van der Waals surface area contributed by atoms with Crippen molar-refractivity contribution < 1.29 is 9.53 Å². The molecule has 0 aliphatic heterocycles. The largest absolute Gasteiger partial charge is 0.495 e. The first-order valence-electron chi connectivity index (χ1n) is 5.33. The van der Waals surface area contributed by atoms with Crippen LogP contribution < -0.4 is 10.1 Å². The molecule has 2 aromatic rings. The molecule has 1 aromatic carbocycles. The van der Waals surface area contributed by atoms with Gasteiger partial charge in [0.15, 0.2) is 0 Å². The van der Waals surface area contributed by atoms with Crippen molar-refractivity contribution in [2.45, 2.75) is 6.54 Å². The van der Waals surface area contributed by atoms with Gasteiger partial charge in [0.25, 0.3) is 0 Å². The molecule has 0 radical (unpaired) electrons. The second-order valence-corrected chi connectivity index (χ2v) is 3.60. The Kier molecular flexibility index (Phi) is 3.45. The van der Waals surface area contributed by atoms with Crippen LogP contribution in [0.2, 0.25) is 0 Å². The molecule has 1 aromatic heterocycles. The number of hydrogen-bond acceptors (Lipinski definition) is 2. The zero-order valence-electron chi connectivity index (χ0n) is 9.59. The number of amides is 1. The molecule has 1 N–H and O–H groups in total. The third-order valence-electron chi connectivity index (χ3n) is 2.37. The van der Waals surface area contributed by atoms with Crippen molar-refractivity contribution in [3.63, 3.8) is 0 Å². The molecule has 0 unspecified atom stereocenters. The summed E-state index contributed by atoms with van der Waals surface area (Å²) in [6, 6.07) is 11.1. The standard InChI is InChI=1S/C13H14N2O2/c1-17-12-7-3-2-6-11(12)14-13(16)10-15-8-4-5-9-15/h2-9H,10H2,1H3,(H,14,16). The SMILES string of the molecule is COc1ccccc1NC(=O)Cn1cccc1. The predicted octanol–water partition coefficient (Wildman–Crippen LogP) is 2.14. The first-order chi connectivity index (χ1) is 8.29. The van der Waals surface area contributed by atoms with Crippen LogP contribution in [0.4, 0.5) is 5.69 Å². The summed E-state index contributed by atoms with van der Waals surface area (Å²) in [5.74, 6) is 0.582. The van der Waals surface area contributed by atoms with Crippen molar-refractivity contribution in [2.24, 2.45) is 0 Å². The van der Waals surface area contributed by atoms with E-state index in [1.165, 1.54) is 0 Å². The van der Waals surface area contributed by atoms with Gasteiger partial charge in [-0.3, -0.25) is 4.79 Å². The van der Waals surface area contributed by atoms with Gasteiger partial charge in [-0.2, -0.15) is 0 Å². The molecule has 88 valence electrons. The van der Waals surface area contributed by atoms with E-state index in [0.717, 1.165) is 0 Å². The number of anilines is 1. The molecular formula is C13H14N2O2. The Bertz CT molecular complexity index is 492. The molecule has 4 heteroatoms. The topological polar surface area (TPSA) is 43.3 Å². The highest BCUT2D eigenvalue weighted by Gasteiger charge is 2.06. The first kappa shape index (κ1) is 11.3. The molecule has 2 rings (SSSR count). The molecule has 0 fully saturated rings. The minimum Gasteiger partial charge on any atom is -0.495 e. The Morgan fingerprint density at radius 1 is 1.24 bits per heavy atom. The molecule has 0 bridgehead atoms. The summed E-state index contributed by atoms with van der Waals surface area (Å²) in [6.45, 7) is 0.297. The van der Waals surface area contributed by atoms with E-state index in [1.807, 2.05) is 53.4 Å². The number of rotatable bonds is 4. The van der Waals surface area contributed by atoms with Gasteiger partial charge in [0, 0.05) is 12.4 Å². The number of methoxy groups -OCH3 is 1. The number of carbonyl (C=O) groups excluding carboxylic acids is 1. The van der Waals surface area contributed by atoms with Crippen LogP contribution in [0.3, 0.4) is 0 Å². The van der Waals surface area contributed by atoms with Crippen LogP contribution in [0, 0.1) is 0 Å². The van der Waals surface area contributed by atoms with Crippen molar-refractivity contribution in [2.75, 3.05) is 12.4 Å². The molecule has 0 saturated heterocycles. The quantitative estimate of drug-likeness (QED) is 0.874. The van der Waals surface area contributed by atoms with Gasteiger partial charge in [0.1, 0.15) is 12.3 Å². The van der Waals surface area contributed by atoms with E-state index in [-0.39, 0.29) is 5.91 Å². The first-order valence-corrected chi connectivity index (χ1v) is 5.33. The van der Waals surface area contributed by atoms with E-state index in [4.69, 9.17) is 4.74 Å². The van der Waals surface area contributed by atoms with Gasteiger partial charge in [-0.1, -0.05) is 12.1 Å². The second-order valence-electron chi connectivity index (χ2n) is 3.60. The molecule has 0 atom stereocenters. The highest BCUT2D eigenvalue weighted by molar-refractivity contribution is 5.92. The Labute approximate surface area is 99.8 Å². The minimum absolute atomic E-state index is 0.0781. The van der Waals surface area contributed by atoms with Crippen LogP contribution >= 0.6 is 0 Å². The van der Waals surface area contributed by atoms with Gasteiger partial charge >= 0.3 is 0 Å². The smallest absolute Gasteiger partial charge is 0.244 e. The maximum atomic E-state index is 11.8. The monoisotopic (exact) mass is 230 g/mol. The minimum atomic E-state index is -0.0781. The molecule has 0 spiro atoms. The maximum absolute atomic E-state index is 11.8. The molecule has 1 heterocycles. The van der Waals surface area contributed by atoms with Crippen molar-refractivity contribution in [1.82, 2.24) is 4.57 Å². The lowest BCUT2D eigenvalue weighted by Crippen LogP contribution is -2.18. The van der Waals surface area contributed by atoms with Crippen molar-refractivity contribution in [1.29, 1.82) is 0 Å². The Balaban J connectivity index is 2.03. The zero-order chi connectivity index (χ0) is 12.1. The van der Waals surface area contributed by atoms with E-state index < -0.39 is 0 Å². The van der Waals surface area contributed by atoms with Crippen molar-refractivity contribution in [3.8, 4) is 5.75 Å². The molecule has 0 saturated carbocycles. The van der Waals surface area contributed by atoms with Gasteiger partial charge in [-0.05, 0) is 24.3 Å². The molecule has 0 aliphatic carbocycles. The summed E-state index contributed by atoms with van der Waals surface area (Å²) in [5.41, 5.74) is 0.687. The van der Waals surface area contributed by atoms with Crippen LogP contribution in [-0.4, -0.2) is 17.6 Å². The number of para-hydroxylation sites is 2. The fourth-order valence-corrected chi connectivity index (χ4v) is 1.58. The fourth-order valence-electron chi connectivity index (χ4n) is 1.58. The Morgan fingerprint density at radius 3 is 2.65 bits per heavy atom. The van der Waals surface area contributed by atoms with Gasteiger partial charge in [0.05, 0.1) is 12.8 Å². The highest BCUT2D eigenvalue weighted by Crippen LogP contribution is 2.22. The number of nitrogens with zero attached hydrogens (tertiary/aromatic N) is 1. The predicted molar refractivity (Wildman–Crippen MR) is 66.1 cm³/mol. The van der Waals surface area contributed by atoms with Crippen molar-refractivity contribution in [3.05, 3.63) is 48.8 Å². The van der Waals surface area contributed by atoms with E-state index in [1.54, 1.807) is 7.11 Å². The fraction of sp³-hybridized carbons (Fsp3) is 0.154. The summed E-state index contributed by atoms with van der Waals surface area (Å²) in [4.78, 5) is 11.8. The summed E-state index contributed by atoms with van der Waals surface area (Å²) < 4.78 is 6.97. The van der Waals surface area contributed by atoms with E-state index in [9.17, 15) is 4.79 Å². The third kappa shape index (κ3) is 2.87. The summed E-state index contributed by atoms with van der Waals surface area (Å²) in [5, 5.41) is 2.81. The molecule has 0 aliphatic rings. The van der Waals surface area contributed by atoms with Crippen molar-refractivity contribution >= 4 is 11.6 Å². The normalized spacial score (nSPS) is 9.94. The Hall–Kier alpha value is -2.23. The van der Waals surface area contributed by atoms with Gasteiger partial charge < -0.3 is 14.6 Å². The Morgan fingerprint density at radius 2 is 1.94 bits per heavy atom. The molecule has 4 nitrogen and oxygen atoms in total. The highest BCUT2D eigenvalue weighted by atomic mass is 16.5. The number of carbonyl (C=O) groups is 1. The lowest BCUT2D eigenvalue weighted by Gasteiger charge is -2.10. The third-order valence-corrected chi connectivity index (χ3v) is 2.37. The van der Waals surface area contributed by atoms with Crippen LogP contribution in [0.5, 0.6) is 5.75 Å². The summed E-state index contributed by atoms with van der Waals surface area (Å²) in [7, 11) is 1.58. The van der Waals surface area contributed by atoms with Gasteiger partial charge in [0.2, 0.25) is 5.91 Å². The number of aromatic nitrogens is 1. The van der Waals surface area contributed by atoms with Crippen LogP contribution in [0.15, 0.2) is 48.8 Å². The van der Waals surface area contributed by atoms with Gasteiger partial charge in [-0.25, -0.2) is 0 Å². The number of nitrogens with one attached hydrogen (secondary N) is 1. The van der Waals surface area contributed by atoms with Crippen LogP contribution in [0.25, 0.3) is 0 Å². The number of benzene rings is 1. The van der Waals surface area contributed by atoms with Gasteiger partial charge in [-0.15, -0.1) is 0 Å². The maximum Gasteiger partial charge on any atom is 0.244 e. The van der Waals surface area contributed by atoms with E-state index in [0.29, 0.717) is 18.0 Å². The average Bonchev–Trinajstić information content (AvgIpc) is 2.82. The molecular weight excluding hydrogens is 216 g/mol. The summed E-state index contributed by atoms with van der Waals surface area (Å²) in [6.07, 6.45) is 3.70. The number of hydrogen-bond donors (Lipinski definition) is 1. The van der Waals surface area contributed by atoms with Crippen LogP contribution in [0.1, 0.15) is 0 Å². The molecule has 1 amide bonds. The van der Waals surface area contributed by atoms with E-state index >= 15 is 0 Å². The second kappa shape index (κ2) is 5.21. The number of ether oxygens (including phenoxy) is 1. The van der Waals surface area contributed by atoms with Crippen LogP contribution in [-0.2, 0) is 11.3 Å². The zero-order valence-corrected chi connectivity index (χ0v) is 9.59. The van der Waals surface area contributed by atoms with E-state index in [2.05, 4.69) is 5.32 Å². The average molecular weight is 230 g/mol. The lowest BCUT2D eigenvalue weighted by molar-refractivity contribution is -0.116.